The highest BCUT2D eigenvalue weighted by Gasteiger charge is 2.15. The van der Waals surface area contributed by atoms with E-state index in [2.05, 4.69) is 34.0 Å². The van der Waals surface area contributed by atoms with Gasteiger partial charge in [0.05, 0.1) is 6.10 Å². The molecule has 1 fully saturated rings. The van der Waals surface area contributed by atoms with Crippen molar-refractivity contribution in [1.82, 2.24) is 14.9 Å². The van der Waals surface area contributed by atoms with Gasteiger partial charge in [0.2, 0.25) is 5.95 Å². The summed E-state index contributed by atoms with van der Waals surface area (Å²) in [5, 5.41) is 13.1. The molecule has 1 aliphatic rings. The third-order valence-electron chi connectivity index (χ3n) is 3.43. The highest BCUT2D eigenvalue weighted by molar-refractivity contribution is 5.26. The molecule has 2 heterocycles. The molecule has 5 nitrogen and oxygen atoms in total. The minimum atomic E-state index is -0.371. The van der Waals surface area contributed by atoms with Crippen molar-refractivity contribution in [2.75, 3.05) is 31.5 Å². The molecule has 0 bridgehead atoms. The van der Waals surface area contributed by atoms with Gasteiger partial charge in [-0.1, -0.05) is 13.8 Å². The van der Waals surface area contributed by atoms with Crippen molar-refractivity contribution in [3.63, 3.8) is 0 Å². The summed E-state index contributed by atoms with van der Waals surface area (Å²) in [6.45, 7) is 7.66. The van der Waals surface area contributed by atoms with E-state index in [1.54, 1.807) is 6.20 Å². The topological polar surface area (TPSA) is 61.3 Å². The van der Waals surface area contributed by atoms with Gasteiger partial charge >= 0.3 is 0 Å². The second kappa shape index (κ2) is 6.82. The number of β-amino-alcohol motifs (C(OH)–C–C–N with tert-alkyl or cyclic N) is 1. The Morgan fingerprint density at radius 1 is 1.37 bits per heavy atom. The summed E-state index contributed by atoms with van der Waals surface area (Å²) in [5.74, 6) is 0.991. The first-order chi connectivity index (χ1) is 9.15. The third-order valence-corrected chi connectivity index (χ3v) is 3.43. The Hall–Kier alpha value is -1.20. The van der Waals surface area contributed by atoms with Gasteiger partial charge in [-0.25, -0.2) is 9.97 Å². The maximum absolute atomic E-state index is 9.99. The van der Waals surface area contributed by atoms with E-state index in [4.69, 9.17) is 0 Å². The van der Waals surface area contributed by atoms with Crippen molar-refractivity contribution in [2.24, 2.45) is 0 Å². The van der Waals surface area contributed by atoms with Gasteiger partial charge in [-0.05, 0) is 37.9 Å². The summed E-state index contributed by atoms with van der Waals surface area (Å²) in [4.78, 5) is 10.9. The average Bonchev–Trinajstić information content (AvgIpc) is 2.89. The summed E-state index contributed by atoms with van der Waals surface area (Å²) < 4.78 is 0. The molecular formula is C14H24N4O. The van der Waals surface area contributed by atoms with Crippen molar-refractivity contribution < 1.29 is 5.11 Å². The van der Waals surface area contributed by atoms with Crippen LogP contribution in [0.15, 0.2) is 12.3 Å². The molecule has 0 radical (unpaired) electrons. The molecule has 1 aromatic heterocycles. The van der Waals surface area contributed by atoms with Crippen LogP contribution in [0.5, 0.6) is 0 Å². The summed E-state index contributed by atoms with van der Waals surface area (Å²) in [7, 11) is 0. The molecule has 1 unspecified atom stereocenters. The van der Waals surface area contributed by atoms with E-state index in [1.165, 1.54) is 12.8 Å². The van der Waals surface area contributed by atoms with E-state index in [9.17, 15) is 5.11 Å². The fourth-order valence-electron chi connectivity index (χ4n) is 2.32. The number of nitrogens with one attached hydrogen (secondary N) is 1. The molecule has 1 aliphatic heterocycles. The highest BCUT2D eigenvalue weighted by atomic mass is 16.3. The molecule has 0 aliphatic carbocycles. The van der Waals surface area contributed by atoms with Crippen LogP contribution < -0.4 is 5.32 Å². The number of aliphatic hydroxyl groups is 1. The summed E-state index contributed by atoms with van der Waals surface area (Å²) in [6, 6.07) is 1.93. The Morgan fingerprint density at radius 2 is 2.11 bits per heavy atom. The van der Waals surface area contributed by atoms with E-state index in [0.29, 0.717) is 18.4 Å². The minimum absolute atomic E-state index is 0.371. The SMILES string of the molecule is CC(C)c1ccnc(NCC(O)CN2CCCC2)n1. The Morgan fingerprint density at radius 3 is 2.79 bits per heavy atom. The van der Waals surface area contributed by atoms with Crippen LogP contribution in [0.25, 0.3) is 0 Å². The number of likely N-dealkylation sites (tertiary alicyclic amines) is 1. The first-order valence-corrected chi connectivity index (χ1v) is 7.12. The maximum atomic E-state index is 9.99. The molecule has 0 amide bonds. The van der Waals surface area contributed by atoms with Crippen molar-refractivity contribution in [3.05, 3.63) is 18.0 Å². The lowest BCUT2D eigenvalue weighted by Crippen LogP contribution is -2.34. The largest absolute Gasteiger partial charge is 0.390 e. The number of rotatable bonds is 6. The first-order valence-electron chi connectivity index (χ1n) is 7.12. The molecule has 0 aromatic carbocycles. The van der Waals surface area contributed by atoms with E-state index in [0.717, 1.165) is 25.3 Å². The lowest BCUT2D eigenvalue weighted by atomic mass is 10.1. The van der Waals surface area contributed by atoms with Crippen LogP contribution in [0, 0.1) is 0 Å². The van der Waals surface area contributed by atoms with Gasteiger partial charge in [-0.3, -0.25) is 0 Å². The van der Waals surface area contributed by atoms with Crippen LogP contribution in [0.1, 0.15) is 38.3 Å². The Balaban J connectivity index is 1.79. The number of hydrogen-bond acceptors (Lipinski definition) is 5. The monoisotopic (exact) mass is 264 g/mol. The van der Waals surface area contributed by atoms with Crippen LogP contribution in [0.2, 0.25) is 0 Å². The molecule has 2 N–H and O–H groups in total. The predicted octanol–water partition coefficient (Wildman–Crippen LogP) is 1.47. The molecule has 2 rings (SSSR count). The van der Waals surface area contributed by atoms with Crippen LogP contribution in [0.4, 0.5) is 5.95 Å². The van der Waals surface area contributed by atoms with Gasteiger partial charge < -0.3 is 15.3 Å². The first kappa shape index (κ1) is 14.2. The summed E-state index contributed by atoms with van der Waals surface area (Å²) >= 11 is 0. The van der Waals surface area contributed by atoms with Gasteiger partial charge in [0.15, 0.2) is 0 Å². The molecule has 106 valence electrons. The van der Waals surface area contributed by atoms with E-state index < -0.39 is 0 Å². The third kappa shape index (κ3) is 4.44. The fraction of sp³-hybridized carbons (Fsp3) is 0.714. The predicted molar refractivity (Wildman–Crippen MR) is 76.3 cm³/mol. The number of anilines is 1. The van der Waals surface area contributed by atoms with E-state index >= 15 is 0 Å². The lowest BCUT2D eigenvalue weighted by Gasteiger charge is -2.19. The van der Waals surface area contributed by atoms with Crippen LogP contribution >= 0.6 is 0 Å². The van der Waals surface area contributed by atoms with Gasteiger partial charge in [-0.2, -0.15) is 0 Å². The molecule has 1 saturated heterocycles. The molecular weight excluding hydrogens is 240 g/mol. The Labute approximate surface area is 115 Å². The van der Waals surface area contributed by atoms with Crippen LogP contribution in [-0.2, 0) is 0 Å². The number of aliphatic hydroxyl groups excluding tert-OH is 1. The number of aromatic nitrogens is 2. The molecule has 0 saturated carbocycles. The summed E-state index contributed by atoms with van der Waals surface area (Å²) in [5.41, 5.74) is 1.02. The Bertz CT molecular complexity index is 391. The van der Waals surface area contributed by atoms with Gasteiger partial charge in [0, 0.05) is 25.0 Å². The molecule has 5 heteroatoms. The van der Waals surface area contributed by atoms with Gasteiger partial charge in [0.25, 0.3) is 0 Å². The average molecular weight is 264 g/mol. The van der Waals surface area contributed by atoms with Crippen LogP contribution in [-0.4, -0.2) is 52.3 Å². The normalized spacial score (nSPS) is 17.9. The van der Waals surface area contributed by atoms with Gasteiger partial charge in [0.1, 0.15) is 0 Å². The van der Waals surface area contributed by atoms with Crippen molar-refractivity contribution in [2.45, 2.75) is 38.7 Å². The van der Waals surface area contributed by atoms with E-state index in [-0.39, 0.29) is 6.10 Å². The van der Waals surface area contributed by atoms with E-state index in [1.807, 2.05) is 6.07 Å². The number of hydrogen-bond donors (Lipinski definition) is 2. The second-order valence-electron chi connectivity index (χ2n) is 5.50. The molecule has 0 spiro atoms. The molecule has 19 heavy (non-hydrogen) atoms. The zero-order chi connectivity index (χ0) is 13.7. The zero-order valence-electron chi connectivity index (χ0n) is 11.8. The quantitative estimate of drug-likeness (QED) is 0.814. The van der Waals surface area contributed by atoms with Gasteiger partial charge in [-0.15, -0.1) is 0 Å². The smallest absolute Gasteiger partial charge is 0.222 e. The minimum Gasteiger partial charge on any atom is -0.390 e. The highest BCUT2D eigenvalue weighted by Crippen LogP contribution is 2.12. The van der Waals surface area contributed by atoms with Crippen LogP contribution in [0.3, 0.4) is 0 Å². The molecule has 1 atom stereocenters. The standard InChI is InChI=1S/C14H24N4O/c1-11(2)13-5-6-15-14(17-13)16-9-12(19)10-18-7-3-4-8-18/h5-6,11-12,19H,3-4,7-10H2,1-2H3,(H,15,16,17). The fourth-order valence-corrected chi connectivity index (χ4v) is 2.32. The lowest BCUT2D eigenvalue weighted by molar-refractivity contribution is 0.135. The van der Waals surface area contributed by atoms with Crippen molar-refractivity contribution >= 4 is 5.95 Å². The number of nitrogens with zero attached hydrogens (tertiary/aromatic N) is 3. The second-order valence-corrected chi connectivity index (χ2v) is 5.50. The zero-order valence-corrected chi connectivity index (χ0v) is 11.8. The Kier molecular flexibility index (Phi) is 5.10. The van der Waals surface area contributed by atoms with Crippen molar-refractivity contribution in [3.8, 4) is 0 Å². The summed E-state index contributed by atoms with van der Waals surface area (Å²) in [6.07, 6.45) is 3.89. The molecule has 1 aromatic rings. The maximum Gasteiger partial charge on any atom is 0.222 e. The van der Waals surface area contributed by atoms with Crippen molar-refractivity contribution in [1.29, 1.82) is 0 Å².